The standard InChI is InChI=1S/C22H16ClN2O/c23-18-10-8-17(9-11-18)22(26)14-25-13-12-21(24-15-25)20-7-3-5-16-4-1-2-6-19(16)20/h1-13,15H,14H2/q+1. The van der Waals surface area contributed by atoms with Crippen LogP contribution in [-0.4, -0.2) is 10.8 Å². The number of Topliss-reactive ketones (excluding diaryl/α,β-unsaturated/α-hetero) is 1. The van der Waals surface area contributed by atoms with Crippen LogP contribution in [0.2, 0.25) is 5.02 Å². The minimum absolute atomic E-state index is 0.0198. The van der Waals surface area contributed by atoms with E-state index in [0.717, 1.165) is 16.6 Å². The number of aromatic nitrogens is 2. The van der Waals surface area contributed by atoms with E-state index in [4.69, 9.17) is 11.6 Å². The summed E-state index contributed by atoms with van der Waals surface area (Å²) in [5, 5.41) is 2.97. The summed E-state index contributed by atoms with van der Waals surface area (Å²) < 4.78 is 1.78. The quantitative estimate of drug-likeness (QED) is 0.390. The van der Waals surface area contributed by atoms with Crippen LogP contribution in [-0.2, 0) is 6.54 Å². The Morgan fingerprint density at radius 3 is 2.46 bits per heavy atom. The maximum absolute atomic E-state index is 12.4. The number of benzene rings is 3. The Balaban J connectivity index is 1.58. The first kappa shape index (κ1) is 16.4. The van der Waals surface area contributed by atoms with Crippen LogP contribution in [0.1, 0.15) is 10.4 Å². The van der Waals surface area contributed by atoms with Gasteiger partial charge in [-0.3, -0.25) is 4.79 Å². The molecule has 3 nitrogen and oxygen atoms in total. The Labute approximate surface area is 156 Å². The summed E-state index contributed by atoms with van der Waals surface area (Å²) in [7, 11) is 0. The third-order valence-corrected chi connectivity index (χ3v) is 4.58. The van der Waals surface area contributed by atoms with Crippen LogP contribution in [0.5, 0.6) is 0 Å². The van der Waals surface area contributed by atoms with Gasteiger partial charge in [-0.05, 0) is 46.1 Å². The molecule has 1 heterocycles. The van der Waals surface area contributed by atoms with Crippen LogP contribution < -0.4 is 4.57 Å². The first-order valence-electron chi connectivity index (χ1n) is 8.33. The SMILES string of the molecule is O=C(C[n+]1ccc(-c2cccc3ccccc23)nc1)c1ccc(Cl)cc1. The average molecular weight is 360 g/mol. The molecule has 4 heteroatoms. The average Bonchev–Trinajstić information content (AvgIpc) is 2.69. The van der Waals surface area contributed by atoms with Gasteiger partial charge >= 0.3 is 0 Å². The number of hydrogen-bond acceptors (Lipinski definition) is 2. The molecule has 0 amide bonds. The second-order valence-corrected chi connectivity index (χ2v) is 6.51. The fourth-order valence-electron chi connectivity index (χ4n) is 2.98. The van der Waals surface area contributed by atoms with Crippen molar-refractivity contribution in [2.24, 2.45) is 0 Å². The molecule has 0 radical (unpaired) electrons. The molecule has 4 aromatic rings. The van der Waals surface area contributed by atoms with Gasteiger partial charge in [-0.25, -0.2) is 4.57 Å². The van der Waals surface area contributed by atoms with Crippen molar-refractivity contribution in [1.82, 2.24) is 4.98 Å². The second-order valence-electron chi connectivity index (χ2n) is 6.07. The fraction of sp³-hybridized carbons (Fsp3) is 0.0455. The van der Waals surface area contributed by atoms with E-state index in [9.17, 15) is 4.79 Å². The summed E-state index contributed by atoms with van der Waals surface area (Å²) in [6, 6.07) is 23.3. The smallest absolute Gasteiger partial charge is 0.287 e. The number of fused-ring (bicyclic) bond motifs is 1. The minimum Gasteiger partial charge on any atom is -0.290 e. The van der Waals surface area contributed by atoms with E-state index >= 15 is 0 Å². The largest absolute Gasteiger partial charge is 0.290 e. The number of carbonyl (C=O) groups is 1. The fourth-order valence-corrected chi connectivity index (χ4v) is 3.10. The van der Waals surface area contributed by atoms with Gasteiger partial charge in [0.1, 0.15) is 0 Å². The van der Waals surface area contributed by atoms with Crippen LogP contribution in [0.4, 0.5) is 0 Å². The number of hydrogen-bond donors (Lipinski definition) is 0. The van der Waals surface area contributed by atoms with E-state index in [1.54, 1.807) is 35.2 Å². The highest BCUT2D eigenvalue weighted by Gasteiger charge is 2.13. The van der Waals surface area contributed by atoms with Crippen molar-refractivity contribution in [2.75, 3.05) is 0 Å². The maximum Gasteiger partial charge on any atom is 0.287 e. The molecule has 0 aliphatic carbocycles. The molecule has 1 aromatic heterocycles. The number of rotatable bonds is 4. The van der Waals surface area contributed by atoms with E-state index in [1.807, 2.05) is 30.5 Å². The van der Waals surface area contributed by atoms with Gasteiger partial charge < -0.3 is 0 Å². The lowest BCUT2D eigenvalue weighted by Gasteiger charge is -2.04. The second kappa shape index (κ2) is 7.06. The van der Waals surface area contributed by atoms with Gasteiger partial charge in [-0.1, -0.05) is 48.0 Å². The first-order valence-corrected chi connectivity index (χ1v) is 8.70. The molecule has 0 spiro atoms. The molecule has 0 N–H and O–H groups in total. The lowest BCUT2D eigenvalue weighted by molar-refractivity contribution is -0.686. The van der Waals surface area contributed by atoms with Crippen molar-refractivity contribution in [2.45, 2.75) is 6.54 Å². The molecule has 0 saturated carbocycles. The van der Waals surface area contributed by atoms with Crippen LogP contribution in [0.3, 0.4) is 0 Å². The monoisotopic (exact) mass is 359 g/mol. The van der Waals surface area contributed by atoms with E-state index < -0.39 is 0 Å². The van der Waals surface area contributed by atoms with Crippen molar-refractivity contribution in [1.29, 1.82) is 0 Å². The highest BCUT2D eigenvalue weighted by Crippen LogP contribution is 2.26. The van der Waals surface area contributed by atoms with Crippen LogP contribution >= 0.6 is 11.6 Å². The minimum atomic E-state index is 0.0198. The lowest BCUT2D eigenvalue weighted by Crippen LogP contribution is -2.37. The van der Waals surface area contributed by atoms with E-state index in [1.165, 1.54) is 5.39 Å². The zero-order valence-corrected chi connectivity index (χ0v) is 14.7. The molecule has 0 unspecified atom stereocenters. The molecule has 0 fully saturated rings. The highest BCUT2D eigenvalue weighted by molar-refractivity contribution is 6.30. The number of carbonyl (C=O) groups excluding carboxylic acids is 1. The first-order chi connectivity index (χ1) is 12.7. The Bertz CT molecular complexity index is 1070. The van der Waals surface area contributed by atoms with Crippen molar-refractivity contribution >= 4 is 28.2 Å². The van der Waals surface area contributed by atoms with Gasteiger partial charge in [0.05, 0.1) is 6.20 Å². The number of nitrogens with zero attached hydrogens (tertiary/aromatic N) is 2. The van der Waals surface area contributed by atoms with Gasteiger partial charge in [-0.2, -0.15) is 0 Å². The van der Waals surface area contributed by atoms with Crippen molar-refractivity contribution in [3.63, 3.8) is 0 Å². The molecule has 0 atom stereocenters. The van der Waals surface area contributed by atoms with Gasteiger partial charge in [0, 0.05) is 22.2 Å². The zero-order chi connectivity index (χ0) is 17.9. The van der Waals surface area contributed by atoms with E-state index in [0.29, 0.717) is 10.6 Å². The summed E-state index contributed by atoms with van der Waals surface area (Å²) in [6.45, 7) is 0.241. The van der Waals surface area contributed by atoms with Gasteiger partial charge in [0.15, 0.2) is 12.2 Å². The number of ketones is 1. The zero-order valence-electron chi connectivity index (χ0n) is 14.0. The molecule has 0 bridgehead atoms. The summed E-state index contributed by atoms with van der Waals surface area (Å²) in [6.07, 6.45) is 3.59. The summed E-state index contributed by atoms with van der Waals surface area (Å²) in [4.78, 5) is 16.9. The van der Waals surface area contributed by atoms with Crippen LogP contribution in [0, 0.1) is 0 Å². The van der Waals surface area contributed by atoms with Crippen molar-refractivity contribution in [3.05, 3.63) is 95.9 Å². The predicted molar refractivity (Wildman–Crippen MR) is 103 cm³/mol. The Morgan fingerprint density at radius 2 is 1.69 bits per heavy atom. The molecule has 0 saturated heterocycles. The van der Waals surface area contributed by atoms with Gasteiger partial charge in [0.25, 0.3) is 6.33 Å². The Hall–Kier alpha value is -3.04. The summed E-state index contributed by atoms with van der Waals surface area (Å²) in [5.41, 5.74) is 2.61. The van der Waals surface area contributed by atoms with Crippen molar-refractivity contribution in [3.8, 4) is 11.3 Å². The molecule has 0 aliphatic rings. The summed E-state index contributed by atoms with van der Waals surface area (Å²) >= 11 is 5.87. The van der Waals surface area contributed by atoms with Gasteiger partial charge in [0.2, 0.25) is 5.78 Å². The van der Waals surface area contributed by atoms with E-state index in [-0.39, 0.29) is 12.3 Å². The Morgan fingerprint density at radius 1 is 0.923 bits per heavy atom. The topological polar surface area (TPSA) is 33.8 Å². The normalized spacial score (nSPS) is 10.8. The molecular formula is C22H16ClN2O+. The third kappa shape index (κ3) is 3.35. The molecular weight excluding hydrogens is 344 g/mol. The van der Waals surface area contributed by atoms with Crippen molar-refractivity contribution < 1.29 is 9.36 Å². The molecule has 26 heavy (non-hydrogen) atoms. The van der Waals surface area contributed by atoms with E-state index in [2.05, 4.69) is 29.2 Å². The molecule has 126 valence electrons. The van der Waals surface area contributed by atoms with Crippen LogP contribution in [0.25, 0.3) is 22.0 Å². The highest BCUT2D eigenvalue weighted by atomic mass is 35.5. The maximum atomic E-state index is 12.4. The molecule has 4 rings (SSSR count). The predicted octanol–water partition coefficient (Wildman–Crippen LogP) is 4.73. The molecule has 0 aliphatic heterocycles. The van der Waals surface area contributed by atoms with Gasteiger partial charge in [-0.15, -0.1) is 0 Å². The molecule has 3 aromatic carbocycles. The lowest BCUT2D eigenvalue weighted by atomic mass is 10.0. The summed E-state index contributed by atoms with van der Waals surface area (Å²) in [5.74, 6) is 0.0198. The number of halogens is 1. The third-order valence-electron chi connectivity index (χ3n) is 4.33. The van der Waals surface area contributed by atoms with Crippen LogP contribution in [0.15, 0.2) is 85.3 Å². The Kier molecular flexibility index (Phi) is 4.46.